The molecule has 142 valence electrons. The number of thiol groups is 2. The van der Waals surface area contributed by atoms with Gasteiger partial charge in [0.15, 0.2) is 0 Å². The molecule has 1 N–H and O–H groups in total. The molecule has 0 spiro atoms. The number of hydrogen-bond donors (Lipinski definition) is 3. The van der Waals surface area contributed by atoms with E-state index in [0.29, 0.717) is 11.3 Å². The predicted molar refractivity (Wildman–Crippen MR) is 112 cm³/mol. The largest absolute Gasteiger partial charge is 0.389 e. The summed E-state index contributed by atoms with van der Waals surface area (Å²) in [5.74, 6) is 3.01. The Hall–Kier alpha value is 0.400. The minimum absolute atomic E-state index is 0.126. The van der Waals surface area contributed by atoms with E-state index in [2.05, 4.69) is 26.8 Å². The van der Waals surface area contributed by atoms with Crippen LogP contribution in [0.4, 0.5) is 0 Å². The van der Waals surface area contributed by atoms with Crippen LogP contribution in [0.1, 0.15) is 78.6 Å². The van der Waals surface area contributed by atoms with Crippen LogP contribution in [0.15, 0.2) is 11.6 Å². The maximum Gasteiger partial charge on any atom is 0.0724 e. The fraction of sp³-hybridized carbons (Fsp3) is 0.909. The molecule has 0 saturated heterocycles. The lowest BCUT2D eigenvalue weighted by atomic mass is 9.46. The average Bonchev–Trinajstić information content (AvgIpc) is 2.75. The van der Waals surface area contributed by atoms with Crippen molar-refractivity contribution in [3.63, 3.8) is 0 Å². The van der Waals surface area contributed by atoms with E-state index in [4.69, 9.17) is 25.3 Å². The Balaban J connectivity index is 1.72. The normalized spacial score (nSPS) is 51.3. The molecule has 25 heavy (non-hydrogen) atoms. The molecule has 3 saturated carbocycles. The fourth-order valence-corrected chi connectivity index (χ4v) is 8.50. The molecule has 3 fully saturated rings. The van der Waals surface area contributed by atoms with E-state index in [1.54, 1.807) is 5.57 Å². The van der Waals surface area contributed by atoms with Gasteiger partial charge < -0.3 is 5.11 Å². The highest BCUT2D eigenvalue weighted by Gasteiger charge is 2.64. The maximum atomic E-state index is 10.2. The van der Waals surface area contributed by atoms with Crippen LogP contribution in [0.2, 0.25) is 0 Å². The molecular weight excluding hydrogens is 344 g/mol. The van der Waals surface area contributed by atoms with Crippen LogP contribution in [-0.2, 0) is 0 Å². The van der Waals surface area contributed by atoms with Crippen molar-refractivity contribution in [1.82, 2.24) is 0 Å². The van der Waals surface area contributed by atoms with Crippen LogP contribution in [0.5, 0.6) is 0 Å². The third-order valence-electron chi connectivity index (χ3n) is 9.03. The average molecular weight is 381 g/mol. The second kappa shape index (κ2) is 6.21. The highest BCUT2D eigenvalue weighted by molar-refractivity contribution is 8.00. The molecule has 4 aliphatic rings. The Morgan fingerprint density at radius 2 is 1.92 bits per heavy atom. The number of allylic oxidation sites excluding steroid dienone is 1. The van der Waals surface area contributed by atoms with Crippen LogP contribution in [0, 0.1) is 34.5 Å². The first-order valence-corrected chi connectivity index (χ1v) is 11.5. The van der Waals surface area contributed by atoms with E-state index in [0.717, 1.165) is 24.2 Å². The topological polar surface area (TPSA) is 20.2 Å². The Morgan fingerprint density at radius 3 is 2.64 bits per heavy atom. The quantitative estimate of drug-likeness (QED) is 0.310. The zero-order valence-corrected chi connectivity index (χ0v) is 18.0. The van der Waals surface area contributed by atoms with Crippen molar-refractivity contribution < 1.29 is 5.11 Å². The number of aliphatic hydroxyl groups is 1. The molecule has 4 aliphatic carbocycles. The number of rotatable bonds is 2. The van der Waals surface area contributed by atoms with Gasteiger partial charge >= 0.3 is 0 Å². The van der Waals surface area contributed by atoms with E-state index < -0.39 is 0 Å². The predicted octanol–water partition coefficient (Wildman–Crippen LogP) is 5.89. The maximum absolute atomic E-state index is 10.2. The highest BCUT2D eigenvalue weighted by atomic mass is 32.2. The Labute approximate surface area is 165 Å². The SMILES string of the molecule is CCC[C@]12CCC(O)C=C1CC[C@@H]1[C@H]2CC[C@@]2(C)[C@H]1CC(C)C2(S)S. The molecule has 0 aromatic heterocycles. The van der Waals surface area contributed by atoms with Crippen molar-refractivity contribution in [3.05, 3.63) is 11.6 Å². The molecule has 0 heterocycles. The summed E-state index contributed by atoms with van der Waals surface area (Å²) < 4.78 is -0.126. The summed E-state index contributed by atoms with van der Waals surface area (Å²) in [4.78, 5) is 0. The van der Waals surface area contributed by atoms with E-state index in [1.807, 2.05) is 0 Å². The zero-order chi connectivity index (χ0) is 18.0. The molecule has 3 heteroatoms. The van der Waals surface area contributed by atoms with Gasteiger partial charge in [0.25, 0.3) is 0 Å². The van der Waals surface area contributed by atoms with Crippen LogP contribution in [-0.4, -0.2) is 15.3 Å². The lowest BCUT2D eigenvalue weighted by molar-refractivity contribution is -0.0527. The number of fused-ring (bicyclic) bond motifs is 5. The monoisotopic (exact) mass is 380 g/mol. The first kappa shape index (κ1) is 18.7. The van der Waals surface area contributed by atoms with Gasteiger partial charge in [-0.25, -0.2) is 0 Å². The van der Waals surface area contributed by atoms with Gasteiger partial charge in [0.1, 0.15) is 0 Å². The van der Waals surface area contributed by atoms with Gasteiger partial charge in [-0.2, -0.15) is 25.3 Å². The lowest BCUT2D eigenvalue weighted by Gasteiger charge is -2.60. The molecule has 0 aliphatic heterocycles. The smallest absolute Gasteiger partial charge is 0.0724 e. The van der Waals surface area contributed by atoms with Gasteiger partial charge in [-0.05, 0) is 85.9 Å². The van der Waals surface area contributed by atoms with Gasteiger partial charge in [-0.1, -0.05) is 38.8 Å². The third-order valence-corrected chi connectivity index (χ3v) is 10.9. The number of aliphatic hydroxyl groups excluding tert-OH is 1. The Kier molecular flexibility index (Phi) is 4.65. The van der Waals surface area contributed by atoms with Crippen molar-refractivity contribution in [2.75, 3.05) is 0 Å². The lowest BCUT2D eigenvalue weighted by Crippen LogP contribution is -2.53. The molecule has 2 unspecified atom stereocenters. The van der Waals surface area contributed by atoms with Crippen molar-refractivity contribution in [2.24, 2.45) is 34.5 Å². The summed E-state index contributed by atoms with van der Waals surface area (Å²) >= 11 is 10.2. The third kappa shape index (κ3) is 2.47. The Bertz CT molecular complexity index is 570. The van der Waals surface area contributed by atoms with Gasteiger partial charge in [-0.15, -0.1) is 0 Å². The highest BCUT2D eigenvalue weighted by Crippen LogP contribution is 2.71. The molecule has 0 aromatic carbocycles. The van der Waals surface area contributed by atoms with Crippen LogP contribution >= 0.6 is 25.3 Å². The van der Waals surface area contributed by atoms with E-state index in [9.17, 15) is 5.11 Å². The van der Waals surface area contributed by atoms with Gasteiger partial charge in [-0.3, -0.25) is 0 Å². The standard InChI is InChI=1S/C22H36OS2/c1-4-9-21-11-7-16(23)13-15(21)5-6-17-18(21)8-10-20(3)19(17)12-14(2)22(20,24)25/h13-14,16-19,23-25H,4-12H2,1-3H3/t14?,16?,17-,18-,19+,20+,21+/m1/s1. The molecule has 0 bridgehead atoms. The van der Waals surface area contributed by atoms with Gasteiger partial charge in [0.05, 0.1) is 10.2 Å². The summed E-state index contributed by atoms with van der Waals surface area (Å²) in [5, 5.41) is 10.2. The molecule has 4 rings (SSSR count). The molecule has 0 amide bonds. The van der Waals surface area contributed by atoms with Crippen molar-refractivity contribution >= 4 is 25.3 Å². The first-order chi connectivity index (χ1) is 11.8. The second-order valence-corrected chi connectivity index (χ2v) is 11.7. The van der Waals surface area contributed by atoms with Gasteiger partial charge in [0.2, 0.25) is 0 Å². The molecule has 0 radical (unpaired) electrons. The fourth-order valence-electron chi connectivity index (χ4n) is 7.74. The first-order valence-electron chi connectivity index (χ1n) is 10.6. The van der Waals surface area contributed by atoms with Gasteiger partial charge in [0, 0.05) is 0 Å². The summed E-state index contributed by atoms with van der Waals surface area (Å²) in [6.07, 6.45) is 13.3. The van der Waals surface area contributed by atoms with E-state index in [-0.39, 0.29) is 15.6 Å². The van der Waals surface area contributed by atoms with E-state index in [1.165, 1.54) is 51.4 Å². The molecule has 0 aromatic rings. The van der Waals surface area contributed by atoms with Crippen molar-refractivity contribution in [2.45, 2.75) is 88.7 Å². The van der Waals surface area contributed by atoms with E-state index >= 15 is 0 Å². The molecule has 1 nitrogen and oxygen atoms in total. The summed E-state index contributed by atoms with van der Waals surface area (Å²) in [5.41, 5.74) is 2.27. The summed E-state index contributed by atoms with van der Waals surface area (Å²) in [6.45, 7) is 7.20. The van der Waals surface area contributed by atoms with Crippen molar-refractivity contribution in [1.29, 1.82) is 0 Å². The molecule has 7 atom stereocenters. The van der Waals surface area contributed by atoms with Crippen molar-refractivity contribution in [3.8, 4) is 0 Å². The molecular formula is C22H36OS2. The Morgan fingerprint density at radius 1 is 1.16 bits per heavy atom. The number of hydrogen-bond acceptors (Lipinski definition) is 3. The minimum Gasteiger partial charge on any atom is -0.389 e. The van der Waals surface area contributed by atoms with Crippen LogP contribution in [0.25, 0.3) is 0 Å². The van der Waals surface area contributed by atoms with Crippen LogP contribution in [0.3, 0.4) is 0 Å². The minimum atomic E-state index is -0.195. The zero-order valence-electron chi connectivity index (χ0n) is 16.2. The summed E-state index contributed by atoms with van der Waals surface area (Å²) in [7, 11) is 0. The summed E-state index contributed by atoms with van der Waals surface area (Å²) in [6, 6.07) is 0. The second-order valence-electron chi connectivity index (χ2n) is 9.94. The van der Waals surface area contributed by atoms with Crippen LogP contribution < -0.4 is 0 Å².